The zero-order chi connectivity index (χ0) is 11.0. The zero-order valence-corrected chi connectivity index (χ0v) is 9.13. The van der Waals surface area contributed by atoms with Crippen LogP contribution < -0.4 is 5.32 Å². The molecule has 0 heterocycles. The van der Waals surface area contributed by atoms with E-state index >= 15 is 0 Å². The molecular weight excluding hydrogens is 182 g/mol. The maximum absolute atomic E-state index is 11.1. The Bertz CT molecular complexity index is 188. The summed E-state index contributed by atoms with van der Waals surface area (Å²) in [4.78, 5) is 22.0. The zero-order valence-electron chi connectivity index (χ0n) is 9.13. The second-order valence-electron chi connectivity index (χ2n) is 3.11. The highest BCUT2D eigenvalue weighted by Crippen LogP contribution is 2.04. The molecule has 0 aromatic rings. The molecule has 0 aliphatic heterocycles. The van der Waals surface area contributed by atoms with Gasteiger partial charge in [0.1, 0.15) is 0 Å². The van der Waals surface area contributed by atoms with E-state index in [0.29, 0.717) is 12.5 Å². The number of nitrogens with one attached hydrogen (secondary N) is 1. The first-order valence-electron chi connectivity index (χ1n) is 5.10. The molecule has 82 valence electrons. The van der Waals surface area contributed by atoms with Gasteiger partial charge in [0.25, 0.3) is 0 Å². The van der Waals surface area contributed by atoms with Gasteiger partial charge in [0, 0.05) is 6.54 Å². The monoisotopic (exact) mass is 201 g/mol. The Labute approximate surface area is 85.0 Å². The smallest absolute Gasteiger partial charge is 0.396 e. The highest BCUT2D eigenvalue weighted by atomic mass is 16.5. The number of rotatable bonds is 5. The predicted molar refractivity (Wildman–Crippen MR) is 53.7 cm³/mol. The van der Waals surface area contributed by atoms with Crippen molar-refractivity contribution >= 4 is 11.9 Å². The van der Waals surface area contributed by atoms with Crippen molar-refractivity contribution in [1.82, 2.24) is 5.32 Å². The number of ether oxygens (including phenoxy) is 1. The van der Waals surface area contributed by atoms with Gasteiger partial charge in [-0.2, -0.15) is 0 Å². The summed E-state index contributed by atoms with van der Waals surface area (Å²) in [5.41, 5.74) is 0. The van der Waals surface area contributed by atoms with Crippen molar-refractivity contribution in [2.24, 2.45) is 5.92 Å². The van der Waals surface area contributed by atoms with Gasteiger partial charge in [0.2, 0.25) is 0 Å². The number of carbonyl (C=O) groups excluding carboxylic acids is 2. The van der Waals surface area contributed by atoms with Crippen molar-refractivity contribution in [3.8, 4) is 0 Å². The summed E-state index contributed by atoms with van der Waals surface area (Å²) in [6.45, 7) is 6.57. The van der Waals surface area contributed by atoms with Crippen LogP contribution in [0.4, 0.5) is 0 Å². The lowest BCUT2D eigenvalue weighted by atomic mass is 10.0. The Morgan fingerprint density at radius 3 is 2.21 bits per heavy atom. The van der Waals surface area contributed by atoms with E-state index in [4.69, 9.17) is 0 Å². The minimum Gasteiger partial charge on any atom is -0.459 e. The van der Waals surface area contributed by atoms with Gasteiger partial charge in [-0.3, -0.25) is 4.79 Å². The van der Waals surface area contributed by atoms with E-state index < -0.39 is 11.9 Å². The molecule has 0 saturated heterocycles. The van der Waals surface area contributed by atoms with Gasteiger partial charge < -0.3 is 10.1 Å². The lowest BCUT2D eigenvalue weighted by Crippen LogP contribution is -2.35. The van der Waals surface area contributed by atoms with Crippen LogP contribution in [0.2, 0.25) is 0 Å². The maximum atomic E-state index is 11.1. The molecule has 1 N–H and O–H groups in total. The molecule has 0 spiro atoms. The molecule has 0 atom stereocenters. The molecule has 0 aliphatic rings. The standard InChI is InChI=1S/C10H19NO3/c1-4-8(5-2)7-11-9(12)10(13)14-6-3/h8H,4-7H2,1-3H3,(H,11,12). The van der Waals surface area contributed by atoms with Crippen LogP contribution in [-0.4, -0.2) is 25.0 Å². The van der Waals surface area contributed by atoms with Crippen molar-refractivity contribution < 1.29 is 14.3 Å². The van der Waals surface area contributed by atoms with Gasteiger partial charge in [-0.25, -0.2) is 4.79 Å². The molecule has 0 saturated carbocycles. The van der Waals surface area contributed by atoms with E-state index in [-0.39, 0.29) is 6.61 Å². The summed E-state index contributed by atoms with van der Waals surface area (Å²) in [5.74, 6) is -0.995. The molecule has 0 radical (unpaired) electrons. The van der Waals surface area contributed by atoms with Gasteiger partial charge in [-0.15, -0.1) is 0 Å². The SMILES string of the molecule is CCOC(=O)C(=O)NCC(CC)CC. The van der Waals surface area contributed by atoms with Gasteiger partial charge in [0.05, 0.1) is 6.61 Å². The predicted octanol–water partition coefficient (Wildman–Crippen LogP) is 1.10. The van der Waals surface area contributed by atoms with Crippen molar-refractivity contribution in [3.05, 3.63) is 0 Å². The summed E-state index contributed by atoms with van der Waals surface area (Å²) in [5, 5.41) is 2.56. The van der Waals surface area contributed by atoms with Crippen molar-refractivity contribution in [3.63, 3.8) is 0 Å². The molecule has 0 aromatic carbocycles. The van der Waals surface area contributed by atoms with Gasteiger partial charge >= 0.3 is 11.9 Å². The largest absolute Gasteiger partial charge is 0.459 e. The highest BCUT2D eigenvalue weighted by molar-refractivity contribution is 6.32. The van der Waals surface area contributed by atoms with E-state index in [1.807, 2.05) is 0 Å². The Morgan fingerprint density at radius 2 is 1.79 bits per heavy atom. The first kappa shape index (κ1) is 12.9. The van der Waals surface area contributed by atoms with Gasteiger partial charge in [-0.1, -0.05) is 26.7 Å². The number of amides is 1. The van der Waals surface area contributed by atoms with Crippen LogP contribution in [0, 0.1) is 5.92 Å². The third kappa shape index (κ3) is 4.84. The molecular formula is C10H19NO3. The van der Waals surface area contributed by atoms with Crippen LogP contribution in [0.5, 0.6) is 0 Å². The van der Waals surface area contributed by atoms with E-state index in [1.165, 1.54) is 0 Å². The van der Waals surface area contributed by atoms with Crippen LogP contribution in [0.3, 0.4) is 0 Å². The lowest BCUT2D eigenvalue weighted by Gasteiger charge is -2.12. The van der Waals surface area contributed by atoms with Crippen molar-refractivity contribution in [1.29, 1.82) is 0 Å². The second-order valence-corrected chi connectivity index (χ2v) is 3.11. The summed E-state index contributed by atoms with van der Waals surface area (Å²) in [7, 11) is 0. The molecule has 0 unspecified atom stereocenters. The molecule has 0 aliphatic carbocycles. The quantitative estimate of drug-likeness (QED) is 0.535. The molecule has 14 heavy (non-hydrogen) atoms. The third-order valence-electron chi connectivity index (χ3n) is 2.17. The summed E-state index contributed by atoms with van der Waals surface area (Å²) in [6, 6.07) is 0. The lowest BCUT2D eigenvalue weighted by molar-refractivity contribution is -0.154. The maximum Gasteiger partial charge on any atom is 0.396 e. The number of hydrogen-bond acceptors (Lipinski definition) is 3. The van der Waals surface area contributed by atoms with Crippen LogP contribution >= 0.6 is 0 Å². The average Bonchev–Trinajstić information content (AvgIpc) is 2.19. The highest BCUT2D eigenvalue weighted by Gasteiger charge is 2.15. The summed E-state index contributed by atoms with van der Waals surface area (Å²) >= 11 is 0. The van der Waals surface area contributed by atoms with E-state index in [9.17, 15) is 9.59 Å². The van der Waals surface area contributed by atoms with Crippen LogP contribution in [0.15, 0.2) is 0 Å². The van der Waals surface area contributed by atoms with Crippen LogP contribution in [-0.2, 0) is 14.3 Å². The van der Waals surface area contributed by atoms with Crippen LogP contribution in [0.25, 0.3) is 0 Å². The second kappa shape index (κ2) is 7.35. The Hall–Kier alpha value is -1.06. The fraction of sp³-hybridized carbons (Fsp3) is 0.800. The molecule has 0 rings (SSSR count). The number of carbonyl (C=O) groups is 2. The Balaban J connectivity index is 3.77. The Kier molecular flexibility index (Phi) is 6.80. The molecule has 4 nitrogen and oxygen atoms in total. The topological polar surface area (TPSA) is 55.4 Å². The molecule has 4 heteroatoms. The van der Waals surface area contributed by atoms with Crippen molar-refractivity contribution in [2.75, 3.05) is 13.2 Å². The normalized spacial score (nSPS) is 10.0. The van der Waals surface area contributed by atoms with E-state index in [1.54, 1.807) is 6.92 Å². The van der Waals surface area contributed by atoms with Gasteiger partial charge in [-0.05, 0) is 12.8 Å². The Morgan fingerprint density at radius 1 is 1.21 bits per heavy atom. The molecule has 0 fully saturated rings. The summed E-state index contributed by atoms with van der Waals surface area (Å²) < 4.78 is 4.55. The average molecular weight is 201 g/mol. The molecule has 0 aromatic heterocycles. The number of hydrogen-bond donors (Lipinski definition) is 1. The first-order chi connectivity index (χ1) is 6.65. The summed E-state index contributed by atoms with van der Waals surface area (Å²) in [6.07, 6.45) is 2.00. The third-order valence-corrected chi connectivity index (χ3v) is 2.17. The minimum absolute atomic E-state index is 0.233. The molecule has 0 bridgehead atoms. The minimum atomic E-state index is -0.793. The first-order valence-corrected chi connectivity index (χ1v) is 5.10. The van der Waals surface area contributed by atoms with E-state index in [0.717, 1.165) is 12.8 Å². The van der Waals surface area contributed by atoms with Gasteiger partial charge in [0.15, 0.2) is 0 Å². The number of esters is 1. The van der Waals surface area contributed by atoms with Crippen molar-refractivity contribution in [2.45, 2.75) is 33.6 Å². The molecule has 1 amide bonds. The fourth-order valence-corrected chi connectivity index (χ4v) is 1.08. The fourth-order valence-electron chi connectivity index (χ4n) is 1.08. The van der Waals surface area contributed by atoms with Crippen LogP contribution in [0.1, 0.15) is 33.6 Å². The van der Waals surface area contributed by atoms with E-state index in [2.05, 4.69) is 23.9 Å².